The number of nitrogens with zero attached hydrogens (tertiary/aromatic N) is 2. The first-order valence-electron chi connectivity index (χ1n) is 5.49. The zero-order chi connectivity index (χ0) is 13.1. The fraction of sp³-hybridized carbons (Fsp3) is 0.500. The van der Waals surface area contributed by atoms with Crippen molar-refractivity contribution in [3.63, 3.8) is 0 Å². The molecule has 0 amide bonds. The van der Waals surface area contributed by atoms with Crippen LogP contribution in [0.1, 0.15) is 13.8 Å². The van der Waals surface area contributed by atoms with Crippen molar-refractivity contribution < 1.29 is 4.92 Å². The quantitative estimate of drug-likeness (QED) is 0.631. The van der Waals surface area contributed by atoms with Crippen molar-refractivity contribution in [1.82, 2.24) is 4.90 Å². The number of nitro benzene ring substituents is 1. The van der Waals surface area contributed by atoms with Gasteiger partial charge in [-0.25, -0.2) is 0 Å². The number of hydrogen-bond donors (Lipinski definition) is 1. The lowest BCUT2D eigenvalue weighted by molar-refractivity contribution is -0.384. The monoisotopic (exact) mass is 237 g/mol. The highest BCUT2D eigenvalue weighted by atomic mass is 16.6. The van der Waals surface area contributed by atoms with Gasteiger partial charge in [-0.2, -0.15) is 0 Å². The highest BCUT2D eigenvalue weighted by molar-refractivity contribution is 5.51. The molecule has 0 aliphatic heterocycles. The third-order valence-corrected chi connectivity index (χ3v) is 2.99. The van der Waals surface area contributed by atoms with Crippen molar-refractivity contribution in [3.8, 4) is 0 Å². The van der Waals surface area contributed by atoms with Crippen LogP contribution in [0.4, 0.5) is 11.4 Å². The van der Waals surface area contributed by atoms with Crippen LogP contribution in [0.5, 0.6) is 0 Å². The lowest BCUT2D eigenvalue weighted by Crippen LogP contribution is -2.44. The summed E-state index contributed by atoms with van der Waals surface area (Å²) in [5.41, 5.74) is 0.872. The number of non-ortho nitro benzene ring substituents is 1. The maximum atomic E-state index is 10.6. The molecule has 1 aromatic rings. The van der Waals surface area contributed by atoms with Gasteiger partial charge in [0.15, 0.2) is 0 Å². The largest absolute Gasteiger partial charge is 0.383 e. The van der Waals surface area contributed by atoms with Crippen molar-refractivity contribution in [2.45, 2.75) is 19.4 Å². The number of likely N-dealkylation sites (N-methyl/N-ethyl adjacent to an activating group) is 1. The molecule has 0 aliphatic carbocycles. The van der Waals surface area contributed by atoms with E-state index in [1.54, 1.807) is 12.1 Å². The Hall–Kier alpha value is -1.62. The molecule has 0 bridgehead atoms. The zero-order valence-corrected chi connectivity index (χ0v) is 10.7. The molecule has 0 radical (unpaired) electrons. The van der Waals surface area contributed by atoms with Crippen LogP contribution >= 0.6 is 0 Å². The van der Waals surface area contributed by atoms with E-state index in [0.717, 1.165) is 12.2 Å². The van der Waals surface area contributed by atoms with Gasteiger partial charge in [-0.15, -0.1) is 0 Å². The Morgan fingerprint density at radius 1 is 1.41 bits per heavy atom. The van der Waals surface area contributed by atoms with Gasteiger partial charge in [0, 0.05) is 29.9 Å². The Balaban J connectivity index is 2.70. The van der Waals surface area contributed by atoms with Crippen molar-refractivity contribution >= 4 is 11.4 Å². The van der Waals surface area contributed by atoms with Crippen LogP contribution in [-0.2, 0) is 0 Å². The molecule has 94 valence electrons. The number of benzene rings is 1. The summed E-state index contributed by atoms with van der Waals surface area (Å²) < 4.78 is 0. The van der Waals surface area contributed by atoms with Gasteiger partial charge in [0.05, 0.1) is 4.92 Å². The molecule has 0 fully saturated rings. The van der Waals surface area contributed by atoms with Gasteiger partial charge in [-0.05, 0) is 34.0 Å². The Bertz CT molecular complexity index is 402. The van der Waals surface area contributed by atoms with Gasteiger partial charge in [-0.3, -0.25) is 10.1 Å². The number of hydrogen-bond acceptors (Lipinski definition) is 4. The second kappa shape index (κ2) is 5.14. The van der Waals surface area contributed by atoms with Crippen molar-refractivity contribution in [3.05, 3.63) is 34.4 Å². The predicted octanol–water partition coefficient (Wildman–Crippen LogP) is 2.35. The average Bonchev–Trinajstić information content (AvgIpc) is 2.26. The van der Waals surface area contributed by atoms with Crippen LogP contribution in [-0.4, -0.2) is 36.0 Å². The molecule has 0 atom stereocenters. The first-order chi connectivity index (χ1) is 7.83. The van der Waals surface area contributed by atoms with Gasteiger partial charge < -0.3 is 10.2 Å². The molecular formula is C12H19N3O2. The topological polar surface area (TPSA) is 58.4 Å². The van der Waals surface area contributed by atoms with Crippen molar-refractivity contribution in [2.75, 3.05) is 26.0 Å². The lowest BCUT2D eigenvalue weighted by atomic mass is 10.0. The van der Waals surface area contributed by atoms with E-state index in [1.165, 1.54) is 6.07 Å². The predicted molar refractivity (Wildman–Crippen MR) is 69.4 cm³/mol. The minimum Gasteiger partial charge on any atom is -0.383 e. The number of rotatable bonds is 5. The highest BCUT2D eigenvalue weighted by Gasteiger charge is 2.20. The summed E-state index contributed by atoms with van der Waals surface area (Å²) in [6, 6.07) is 6.55. The van der Waals surface area contributed by atoms with Crippen LogP contribution in [0.25, 0.3) is 0 Å². The summed E-state index contributed by atoms with van der Waals surface area (Å²) in [6.45, 7) is 4.94. The molecule has 5 heteroatoms. The zero-order valence-electron chi connectivity index (χ0n) is 10.7. The van der Waals surface area contributed by atoms with Crippen LogP contribution in [0.2, 0.25) is 0 Å². The van der Waals surface area contributed by atoms with E-state index in [0.29, 0.717) is 0 Å². The molecule has 1 aromatic carbocycles. The van der Waals surface area contributed by atoms with Crippen molar-refractivity contribution in [1.29, 1.82) is 0 Å². The van der Waals surface area contributed by atoms with Gasteiger partial charge in [0.2, 0.25) is 0 Å². The molecule has 0 aromatic heterocycles. The molecule has 0 heterocycles. The van der Waals surface area contributed by atoms with E-state index in [2.05, 4.69) is 24.1 Å². The molecule has 0 saturated heterocycles. The molecular weight excluding hydrogens is 218 g/mol. The third-order valence-electron chi connectivity index (χ3n) is 2.99. The maximum Gasteiger partial charge on any atom is 0.271 e. The van der Waals surface area contributed by atoms with Crippen LogP contribution in [0.15, 0.2) is 24.3 Å². The van der Waals surface area contributed by atoms with Gasteiger partial charge in [0.1, 0.15) is 0 Å². The third kappa shape index (κ3) is 3.71. The van der Waals surface area contributed by atoms with Crippen LogP contribution in [0.3, 0.4) is 0 Å². The summed E-state index contributed by atoms with van der Waals surface area (Å²) in [6.07, 6.45) is 0. The van der Waals surface area contributed by atoms with Gasteiger partial charge >= 0.3 is 0 Å². The summed E-state index contributed by atoms with van der Waals surface area (Å²) >= 11 is 0. The van der Waals surface area contributed by atoms with Crippen molar-refractivity contribution in [2.24, 2.45) is 0 Å². The summed E-state index contributed by atoms with van der Waals surface area (Å²) in [5, 5.41) is 13.8. The van der Waals surface area contributed by atoms with E-state index in [4.69, 9.17) is 0 Å². The first kappa shape index (κ1) is 13.4. The van der Waals surface area contributed by atoms with Gasteiger partial charge in [-0.1, -0.05) is 6.07 Å². The molecule has 0 unspecified atom stereocenters. The molecule has 1 rings (SSSR count). The Labute approximate surface area is 102 Å². The fourth-order valence-corrected chi connectivity index (χ4v) is 1.21. The molecule has 1 N–H and O–H groups in total. The Kier molecular flexibility index (Phi) is 4.07. The minimum atomic E-state index is -0.387. The smallest absolute Gasteiger partial charge is 0.271 e. The van der Waals surface area contributed by atoms with Crippen LogP contribution < -0.4 is 5.32 Å². The van der Waals surface area contributed by atoms with Crippen LogP contribution in [0, 0.1) is 10.1 Å². The first-order valence-corrected chi connectivity index (χ1v) is 5.49. The lowest BCUT2D eigenvalue weighted by Gasteiger charge is -2.33. The number of nitro groups is 1. The Morgan fingerprint density at radius 3 is 2.59 bits per heavy atom. The summed E-state index contributed by atoms with van der Waals surface area (Å²) in [5.74, 6) is 0. The minimum absolute atomic E-state index is 0.00930. The maximum absolute atomic E-state index is 10.6. The SMILES string of the molecule is CN(C)C(C)(C)CNc1cccc([N+](=O)[O-])c1. The molecule has 5 nitrogen and oxygen atoms in total. The highest BCUT2D eigenvalue weighted by Crippen LogP contribution is 2.18. The molecule has 0 saturated carbocycles. The average molecular weight is 237 g/mol. The van der Waals surface area contributed by atoms with Gasteiger partial charge in [0.25, 0.3) is 5.69 Å². The summed E-state index contributed by atoms with van der Waals surface area (Å²) in [7, 11) is 4.02. The molecule has 17 heavy (non-hydrogen) atoms. The number of nitrogens with one attached hydrogen (secondary N) is 1. The van der Waals surface area contributed by atoms with E-state index < -0.39 is 0 Å². The molecule has 0 spiro atoms. The second-order valence-electron chi connectivity index (χ2n) is 4.87. The summed E-state index contributed by atoms with van der Waals surface area (Å²) in [4.78, 5) is 12.4. The van der Waals surface area contributed by atoms with E-state index in [1.807, 2.05) is 20.2 Å². The standard InChI is InChI=1S/C12H19N3O2/c1-12(2,14(3)4)9-13-10-6-5-7-11(8-10)15(16)17/h5-8,13H,9H2,1-4H3. The second-order valence-corrected chi connectivity index (χ2v) is 4.87. The normalized spacial score (nSPS) is 11.6. The van der Waals surface area contributed by atoms with E-state index in [9.17, 15) is 10.1 Å². The molecule has 0 aliphatic rings. The Morgan fingerprint density at radius 2 is 2.06 bits per heavy atom. The fourth-order valence-electron chi connectivity index (χ4n) is 1.21. The van der Waals surface area contributed by atoms with E-state index in [-0.39, 0.29) is 16.1 Å². The van der Waals surface area contributed by atoms with E-state index >= 15 is 0 Å². The number of anilines is 1.